The van der Waals surface area contributed by atoms with Crippen LogP contribution in [0.5, 0.6) is 0 Å². The number of hydrogen-bond donors (Lipinski definition) is 1. The molecule has 1 aromatic heterocycles. The van der Waals surface area contributed by atoms with Gasteiger partial charge in [-0.15, -0.1) is 0 Å². The molecule has 1 N–H and O–H groups in total. The molecule has 0 saturated carbocycles. The van der Waals surface area contributed by atoms with Crippen LogP contribution in [0.2, 0.25) is 0 Å². The minimum Gasteiger partial charge on any atom is -0.381 e. The average Bonchev–Trinajstić information content (AvgIpc) is 2.72. The van der Waals surface area contributed by atoms with Crippen LogP contribution in [0.25, 0.3) is 0 Å². The monoisotopic (exact) mass is 349 g/mol. The number of nitrogens with one attached hydrogen (secondary N) is 1. The standard InChI is InChI=1S/C21H23N3O2/c22-14-17-5-3-16(4-6-17)7-8-20(25)24-21(18-9-12-26-13-10-18)19-2-1-11-23-15-19/h1-6,11,15,18,21H,7-10,12-13H2,(H,24,25). The van der Waals surface area contributed by atoms with Gasteiger partial charge in [0.2, 0.25) is 5.91 Å². The van der Waals surface area contributed by atoms with Gasteiger partial charge in [0.25, 0.3) is 0 Å². The quantitative estimate of drug-likeness (QED) is 0.869. The van der Waals surface area contributed by atoms with E-state index in [-0.39, 0.29) is 11.9 Å². The summed E-state index contributed by atoms with van der Waals surface area (Å²) >= 11 is 0. The lowest BCUT2D eigenvalue weighted by atomic mass is 9.87. The Labute approximate surface area is 154 Å². The van der Waals surface area contributed by atoms with Gasteiger partial charge in [-0.2, -0.15) is 5.26 Å². The van der Waals surface area contributed by atoms with E-state index in [1.54, 1.807) is 18.3 Å². The number of hydrogen-bond acceptors (Lipinski definition) is 4. The molecule has 0 spiro atoms. The fraction of sp³-hybridized carbons (Fsp3) is 0.381. The maximum Gasteiger partial charge on any atom is 0.220 e. The van der Waals surface area contributed by atoms with Crippen molar-refractivity contribution in [2.75, 3.05) is 13.2 Å². The van der Waals surface area contributed by atoms with E-state index in [0.717, 1.165) is 37.2 Å². The molecule has 1 saturated heterocycles. The van der Waals surface area contributed by atoms with Crippen LogP contribution in [0.4, 0.5) is 0 Å². The van der Waals surface area contributed by atoms with Gasteiger partial charge in [-0.05, 0) is 54.5 Å². The van der Waals surface area contributed by atoms with Crippen LogP contribution in [0.15, 0.2) is 48.8 Å². The number of nitriles is 1. The summed E-state index contributed by atoms with van der Waals surface area (Å²) in [6.45, 7) is 1.48. The van der Waals surface area contributed by atoms with Gasteiger partial charge in [-0.25, -0.2) is 0 Å². The summed E-state index contributed by atoms with van der Waals surface area (Å²) in [6.07, 6.45) is 6.54. The molecule has 0 radical (unpaired) electrons. The molecule has 1 fully saturated rings. The lowest BCUT2D eigenvalue weighted by Gasteiger charge is -2.31. The van der Waals surface area contributed by atoms with Crippen molar-refractivity contribution in [3.63, 3.8) is 0 Å². The number of pyridine rings is 1. The van der Waals surface area contributed by atoms with Crippen molar-refractivity contribution in [1.29, 1.82) is 5.26 Å². The second-order valence-corrected chi connectivity index (χ2v) is 6.59. The maximum atomic E-state index is 12.6. The van der Waals surface area contributed by atoms with Gasteiger partial charge in [0.1, 0.15) is 0 Å². The molecule has 26 heavy (non-hydrogen) atoms. The number of amides is 1. The number of ether oxygens (including phenoxy) is 1. The molecular formula is C21H23N3O2. The predicted molar refractivity (Wildman–Crippen MR) is 98.1 cm³/mol. The molecule has 134 valence electrons. The summed E-state index contributed by atoms with van der Waals surface area (Å²) in [5, 5.41) is 12.1. The third kappa shape index (κ3) is 4.90. The molecule has 0 aliphatic carbocycles. The lowest BCUT2D eigenvalue weighted by Crippen LogP contribution is -2.36. The SMILES string of the molecule is N#Cc1ccc(CCC(=O)NC(c2cccnc2)C2CCOCC2)cc1. The van der Waals surface area contributed by atoms with Crippen LogP contribution >= 0.6 is 0 Å². The second-order valence-electron chi connectivity index (χ2n) is 6.59. The third-order valence-electron chi connectivity index (χ3n) is 4.82. The van der Waals surface area contributed by atoms with Gasteiger partial charge >= 0.3 is 0 Å². The topological polar surface area (TPSA) is 75.0 Å². The summed E-state index contributed by atoms with van der Waals surface area (Å²) < 4.78 is 5.46. The fourth-order valence-electron chi connectivity index (χ4n) is 3.33. The molecule has 1 amide bonds. The number of carbonyl (C=O) groups is 1. The van der Waals surface area contributed by atoms with Gasteiger partial charge < -0.3 is 10.1 Å². The molecule has 2 aromatic rings. The highest BCUT2D eigenvalue weighted by Crippen LogP contribution is 2.29. The number of benzene rings is 1. The molecule has 0 bridgehead atoms. The summed E-state index contributed by atoms with van der Waals surface area (Å²) in [6, 6.07) is 13.4. The zero-order valence-corrected chi connectivity index (χ0v) is 14.7. The predicted octanol–water partition coefficient (Wildman–Crippen LogP) is 3.17. The Hall–Kier alpha value is -2.71. The normalized spacial score (nSPS) is 15.8. The average molecular weight is 349 g/mol. The minimum atomic E-state index is -0.0268. The summed E-state index contributed by atoms with van der Waals surface area (Å²) in [5.41, 5.74) is 2.74. The lowest BCUT2D eigenvalue weighted by molar-refractivity contribution is -0.122. The highest BCUT2D eigenvalue weighted by Gasteiger charge is 2.27. The summed E-state index contributed by atoms with van der Waals surface area (Å²) in [7, 11) is 0. The Balaban J connectivity index is 1.62. The molecule has 5 heteroatoms. The van der Waals surface area contributed by atoms with E-state index in [0.29, 0.717) is 24.3 Å². The molecule has 5 nitrogen and oxygen atoms in total. The summed E-state index contributed by atoms with van der Waals surface area (Å²) in [5.74, 6) is 0.404. The first kappa shape index (κ1) is 18.1. The zero-order valence-electron chi connectivity index (χ0n) is 14.7. The van der Waals surface area contributed by atoms with Gasteiger partial charge in [-0.1, -0.05) is 18.2 Å². The van der Waals surface area contributed by atoms with Gasteiger partial charge in [0.05, 0.1) is 17.7 Å². The number of rotatable bonds is 6. The van der Waals surface area contributed by atoms with Crippen LogP contribution in [0.3, 0.4) is 0 Å². The van der Waals surface area contributed by atoms with Crippen LogP contribution in [-0.2, 0) is 16.0 Å². The summed E-state index contributed by atoms with van der Waals surface area (Å²) in [4.78, 5) is 16.8. The Morgan fingerprint density at radius 3 is 2.69 bits per heavy atom. The van der Waals surface area contributed by atoms with E-state index < -0.39 is 0 Å². The maximum absolute atomic E-state index is 12.6. The largest absolute Gasteiger partial charge is 0.381 e. The van der Waals surface area contributed by atoms with Gasteiger partial charge in [-0.3, -0.25) is 9.78 Å². The van der Waals surface area contributed by atoms with Crippen LogP contribution in [-0.4, -0.2) is 24.1 Å². The number of aryl methyl sites for hydroxylation is 1. The number of nitrogens with zero attached hydrogens (tertiary/aromatic N) is 2. The third-order valence-corrected chi connectivity index (χ3v) is 4.82. The van der Waals surface area contributed by atoms with Gasteiger partial charge in [0.15, 0.2) is 0 Å². The molecule has 3 rings (SSSR count). The first-order chi connectivity index (χ1) is 12.8. The fourth-order valence-corrected chi connectivity index (χ4v) is 3.33. The first-order valence-electron chi connectivity index (χ1n) is 9.02. The van der Waals surface area contributed by atoms with E-state index >= 15 is 0 Å². The Bertz CT molecular complexity index is 747. The van der Waals surface area contributed by atoms with Crippen LogP contribution in [0.1, 0.15) is 42.0 Å². The van der Waals surface area contributed by atoms with E-state index in [2.05, 4.69) is 16.4 Å². The zero-order chi connectivity index (χ0) is 18.2. The Kier molecular flexibility index (Phi) is 6.34. The van der Waals surface area contributed by atoms with E-state index in [9.17, 15) is 4.79 Å². The van der Waals surface area contributed by atoms with Crippen LogP contribution < -0.4 is 5.32 Å². The molecule has 2 heterocycles. The van der Waals surface area contributed by atoms with Gasteiger partial charge in [0, 0.05) is 32.0 Å². The molecule has 1 unspecified atom stereocenters. The van der Waals surface area contributed by atoms with Crippen molar-refractivity contribution in [1.82, 2.24) is 10.3 Å². The van der Waals surface area contributed by atoms with Crippen molar-refractivity contribution in [2.45, 2.75) is 31.7 Å². The Morgan fingerprint density at radius 1 is 1.27 bits per heavy atom. The smallest absolute Gasteiger partial charge is 0.220 e. The van der Waals surface area contributed by atoms with Crippen molar-refractivity contribution < 1.29 is 9.53 Å². The second kappa shape index (κ2) is 9.12. The molecule has 1 atom stereocenters. The van der Waals surface area contributed by atoms with E-state index in [4.69, 9.17) is 10.00 Å². The number of aromatic nitrogens is 1. The van der Waals surface area contributed by atoms with E-state index in [1.165, 1.54) is 0 Å². The van der Waals surface area contributed by atoms with Crippen LogP contribution in [0, 0.1) is 17.2 Å². The van der Waals surface area contributed by atoms with E-state index in [1.807, 2.05) is 30.5 Å². The molecule has 1 aromatic carbocycles. The van der Waals surface area contributed by atoms with Crippen molar-refractivity contribution in [3.8, 4) is 6.07 Å². The van der Waals surface area contributed by atoms with Crippen molar-refractivity contribution >= 4 is 5.91 Å². The highest BCUT2D eigenvalue weighted by molar-refractivity contribution is 5.76. The minimum absolute atomic E-state index is 0.0268. The molecule has 1 aliphatic rings. The highest BCUT2D eigenvalue weighted by atomic mass is 16.5. The molecular weight excluding hydrogens is 326 g/mol. The Morgan fingerprint density at radius 2 is 2.04 bits per heavy atom. The van der Waals surface area contributed by atoms with Crippen molar-refractivity contribution in [2.24, 2.45) is 5.92 Å². The molecule has 1 aliphatic heterocycles. The number of carbonyl (C=O) groups excluding carboxylic acids is 1. The first-order valence-corrected chi connectivity index (χ1v) is 9.02. The van der Waals surface area contributed by atoms with Crippen molar-refractivity contribution in [3.05, 3.63) is 65.5 Å².